The van der Waals surface area contributed by atoms with E-state index in [1.54, 1.807) is 42.5 Å². The highest BCUT2D eigenvalue weighted by Gasteiger charge is 2.14. The minimum Gasteiger partial charge on any atom is -0.494 e. The molecular formula is C39H44O9. The van der Waals surface area contributed by atoms with Gasteiger partial charge >= 0.3 is 23.9 Å². The van der Waals surface area contributed by atoms with E-state index >= 15 is 0 Å². The topological polar surface area (TPSA) is 114 Å². The number of hydrogen-bond donors (Lipinski definition) is 0. The van der Waals surface area contributed by atoms with Crippen molar-refractivity contribution in [1.29, 1.82) is 0 Å². The molecule has 3 aromatic rings. The molecule has 0 atom stereocenters. The van der Waals surface area contributed by atoms with Crippen molar-refractivity contribution < 1.29 is 42.9 Å². The molecule has 0 aliphatic rings. The quantitative estimate of drug-likeness (QED) is 0.0503. The first-order chi connectivity index (χ1) is 23.3. The van der Waals surface area contributed by atoms with Crippen LogP contribution in [0, 0.1) is 0 Å². The van der Waals surface area contributed by atoms with E-state index in [0.29, 0.717) is 55.3 Å². The van der Waals surface area contributed by atoms with Crippen LogP contribution in [0.1, 0.15) is 72.5 Å². The van der Waals surface area contributed by atoms with Gasteiger partial charge in [0.2, 0.25) is 0 Å². The van der Waals surface area contributed by atoms with Gasteiger partial charge < -0.3 is 23.7 Å². The fraction of sp³-hybridized carbons (Fsp3) is 0.333. The first-order valence-electron chi connectivity index (χ1n) is 16.3. The Balaban J connectivity index is 1.43. The van der Waals surface area contributed by atoms with Gasteiger partial charge in [0.25, 0.3) is 0 Å². The Morgan fingerprint density at radius 2 is 1.25 bits per heavy atom. The highest BCUT2D eigenvalue weighted by molar-refractivity contribution is 5.91. The van der Waals surface area contributed by atoms with Crippen LogP contribution in [0.25, 0.3) is 0 Å². The van der Waals surface area contributed by atoms with Crippen LogP contribution in [0.5, 0.6) is 17.2 Å². The number of esters is 4. The van der Waals surface area contributed by atoms with Gasteiger partial charge in [-0.1, -0.05) is 50.8 Å². The highest BCUT2D eigenvalue weighted by atomic mass is 16.5. The standard InChI is InChI=1S/C39H44O9/c1-4-11-32-28-34(47-39(43)31-17-19-33(20-18-31)44-25-9-7-8-10-26-45-36(40)5-2)21-22-35(32)48-38(42)23-16-29-12-14-30(15-13-29)24-27-46-37(41)6-3/h5-6,12-15,17-22,28H,2-4,7-11,16,23-27H2,1H3. The predicted molar refractivity (Wildman–Crippen MR) is 182 cm³/mol. The Hall–Kier alpha value is -5.18. The third-order valence-electron chi connectivity index (χ3n) is 7.24. The zero-order valence-corrected chi connectivity index (χ0v) is 27.6. The van der Waals surface area contributed by atoms with Gasteiger partial charge in [0.1, 0.15) is 17.2 Å². The molecule has 0 N–H and O–H groups in total. The molecule has 0 unspecified atom stereocenters. The Bertz CT molecular complexity index is 1510. The lowest BCUT2D eigenvalue weighted by Gasteiger charge is -2.12. The summed E-state index contributed by atoms with van der Waals surface area (Å²) in [5.74, 6) is -0.242. The summed E-state index contributed by atoms with van der Waals surface area (Å²) in [6.45, 7) is 9.97. The number of rotatable bonds is 21. The van der Waals surface area contributed by atoms with Crippen molar-refractivity contribution in [2.45, 2.75) is 64.7 Å². The highest BCUT2D eigenvalue weighted by Crippen LogP contribution is 2.27. The van der Waals surface area contributed by atoms with Gasteiger partial charge in [-0.3, -0.25) is 4.79 Å². The second-order valence-electron chi connectivity index (χ2n) is 11.0. The normalized spacial score (nSPS) is 10.4. The molecule has 9 heteroatoms. The number of hydrogen-bond acceptors (Lipinski definition) is 9. The Kier molecular flexibility index (Phi) is 16.2. The minimum absolute atomic E-state index is 0.202. The van der Waals surface area contributed by atoms with Crippen LogP contribution in [0.3, 0.4) is 0 Å². The summed E-state index contributed by atoms with van der Waals surface area (Å²) in [5, 5.41) is 0. The van der Waals surface area contributed by atoms with Crippen molar-refractivity contribution in [3.8, 4) is 17.2 Å². The molecule has 0 spiro atoms. The van der Waals surface area contributed by atoms with Crippen molar-refractivity contribution in [3.05, 3.63) is 114 Å². The zero-order chi connectivity index (χ0) is 34.6. The summed E-state index contributed by atoms with van der Waals surface area (Å²) in [6, 6.07) is 19.6. The molecule has 0 aliphatic heterocycles. The summed E-state index contributed by atoms with van der Waals surface area (Å²) in [7, 11) is 0. The van der Waals surface area contributed by atoms with Gasteiger partial charge in [-0.15, -0.1) is 0 Å². The van der Waals surface area contributed by atoms with Crippen molar-refractivity contribution in [2.24, 2.45) is 0 Å². The fourth-order valence-electron chi connectivity index (χ4n) is 4.64. The van der Waals surface area contributed by atoms with Crippen LogP contribution in [-0.4, -0.2) is 43.7 Å². The van der Waals surface area contributed by atoms with Crippen LogP contribution in [0.15, 0.2) is 92.0 Å². The smallest absolute Gasteiger partial charge is 0.343 e. The summed E-state index contributed by atoms with van der Waals surface area (Å²) in [5.41, 5.74) is 3.18. The maximum absolute atomic E-state index is 12.8. The predicted octanol–water partition coefficient (Wildman–Crippen LogP) is 7.34. The summed E-state index contributed by atoms with van der Waals surface area (Å²) in [4.78, 5) is 47.7. The Labute approximate surface area is 282 Å². The first-order valence-corrected chi connectivity index (χ1v) is 16.3. The molecule has 0 saturated heterocycles. The molecule has 0 saturated carbocycles. The molecule has 0 aromatic heterocycles. The molecule has 3 rings (SSSR count). The Morgan fingerprint density at radius 3 is 1.90 bits per heavy atom. The average molecular weight is 657 g/mol. The lowest BCUT2D eigenvalue weighted by Crippen LogP contribution is -2.12. The SMILES string of the molecule is C=CC(=O)OCCCCCCOc1ccc(C(=O)Oc2ccc(OC(=O)CCc3ccc(CCOC(=O)C=C)cc3)c(CCC)c2)cc1. The monoisotopic (exact) mass is 656 g/mol. The molecule has 3 aromatic carbocycles. The molecule has 254 valence electrons. The van der Waals surface area contributed by atoms with E-state index in [2.05, 4.69) is 13.2 Å². The van der Waals surface area contributed by atoms with E-state index < -0.39 is 17.9 Å². The van der Waals surface area contributed by atoms with Gasteiger partial charge in [0.05, 0.1) is 25.4 Å². The number of aryl methyl sites for hydroxylation is 2. The number of ether oxygens (including phenoxy) is 5. The van der Waals surface area contributed by atoms with E-state index in [9.17, 15) is 19.2 Å². The molecule has 0 aliphatic carbocycles. The van der Waals surface area contributed by atoms with Crippen molar-refractivity contribution in [1.82, 2.24) is 0 Å². The lowest BCUT2D eigenvalue weighted by molar-refractivity contribution is -0.138. The van der Waals surface area contributed by atoms with E-state index in [1.165, 1.54) is 0 Å². The molecule has 9 nitrogen and oxygen atoms in total. The van der Waals surface area contributed by atoms with Gasteiger partial charge in [-0.05, 0) is 97.7 Å². The first kappa shape index (κ1) is 37.3. The summed E-state index contributed by atoms with van der Waals surface area (Å²) < 4.78 is 27.1. The third kappa shape index (κ3) is 13.7. The number of carbonyl (C=O) groups excluding carboxylic acids is 4. The largest absolute Gasteiger partial charge is 0.494 e. The van der Waals surface area contributed by atoms with Crippen molar-refractivity contribution >= 4 is 23.9 Å². The molecule has 0 heterocycles. The molecule has 48 heavy (non-hydrogen) atoms. The van der Waals surface area contributed by atoms with Gasteiger partial charge in [0, 0.05) is 25.0 Å². The van der Waals surface area contributed by atoms with Crippen molar-refractivity contribution in [3.63, 3.8) is 0 Å². The molecule has 0 amide bonds. The molecule has 0 bridgehead atoms. The maximum atomic E-state index is 12.8. The lowest BCUT2D eigenvalue weighted by atomic mass is 10.1. The third-order valence-corrected chi connectivity index (χ3v) is 7.24. The second kappa shape index (κ2) is 20.8. The number of unbranched alkanes of at least 4 members (excludes halogenated alkanes) is 3. The molecule has 0 fully saturated rings. The molecule has 0 radical (unpaired) electrons. The van der Waals surface area contributed by atoms with Gasteiger partial charge in [0.15, 0.2) is 0 Å². The van der Waals surface area contributed by atoms with Crippen LogP contribution >= 0.6 is 0 Å². The number of carbonyl (C=O) groups is 4. The van der Waals surface area contributed by atoms with E-state index in [4.69, 9.17) is 23.7 Å². The maximum Gasteiger partial charge on any atom is 0.343 e. The summed E-state index contributed by atoms with van der Waals surface area (Å²) in [6.07, 6.45) is 8.59. The second-order valence-corrected chi connectivity index (χ2v) is 11.0. The van der Waals surface area contributed by atoms with E-state index in [-0.39, 0.29) is 19.0 Å². The van der Waals surface area contributed by atoms with Gasteiger partial charge in [-0.25, -0.2) is 14.4 Å². The molecular weight excluding hydrogens is 612 g/mol. The van der Waals surface area contributed by atoms with Gasteiger partial charge in [-0.2, -0.15) is 0 Å². The summed E-state index contributed by atoms with van der Waals surface area (Å²) >= 11 is 0. The van der Waals surface area contributed by atoms with Crippen LogP contribution < -0.4 is 14.2 Å². The van der Waals surface area contributed by atoms with E-state index in [1.807, 2.05) is 31.2 Å². The van der Waals surface area contributed by atoms with E-state index in [0.717, 1.165) is 60.9 Å². The zero-order valence-electron chi connectivity index (χ0n) is 27.6. The minimum atomic E-state index is -0.505. The number of benzene rings is 3. The Morgan fingerprint density at radius 1 is 0.646 bits per heavy atom. The van der Waals surface area contributed by atoms with Crippen molar-refractivity contribution in [2.75, 3.05) is 19.8 Å². The van der Waals surface area contributed by atoms with Crippen LogP contribution in [-0.2, 0) is 43.1 Å². The fourth-order valence-corrected chi connectivity index (χ4v) is 4.64. The van der Waals surface area contributed by atoms with Crippen LogP contribution in [0.4, 0.5) is 0 Å². The van der Waals surface area contributed by atoms with Crippen LogP contribution in [0.2, 0.25) is 0 Å². The average Bonchev–Trinajstić information content (AvgIpc) is 3.10.